The second-order valence-electron chi connectivity index (χ2n) is 2.79. The second kappa shape index (κ2) is 3.71. The molecule has 76 valence electrons. The van der Waals surface area contributed by atoms with E-state index in [1.165, 1.54) is 18.4 Å². The SMILES string of the molecule is COC(=O)c1c(CC#N)nc2sccn12. The Labute approximate surface area is 89.5 Å². The van der Waals surface area contributed by atoms with Crippen molar-refractivity contribution in [3.05, 3.63) is 23.0 Å². The first-order valence-electron chi connectivity index (χ1n) is 4.17. The van der Waals surface area contributed by atoms with E-state index in [1.807, 2.05) is 11.4 Å². The minimum atomic E-state index is -0.467. The molecule has 15 heavy (non-hydrogen) atoms. The van der Waals surface area contributed by atoms with Crippen LogP contribution in [0.3, 0.4) is 0 Å². The van der Waals surface area contributed by atoms with Crippen molar-refractivity contribution in [2.24, 2.45) is 0 Å². The molecule has 2 rings (SSSR count). The monoisotopic (exact) mass is 221 g/mol. The molecule has 6 heteroatoms. The van der Waals surface area contributed by atoms with Gasteiger partial charge < -0.3 is 4.74 Å². The minimum Gasteiger partial charge on any atom is -0.464 e. The molecule has 5 nitrogen and oxygen atoms in total. The van der Waals surface area contributed by atoms with Gasteiger partial charge in [0.15, 0.2) is 10.7 Å². The fourth-order valence-electron chi connectivity index (χ4n) is 1.34. The molecule has 0 aliphatic rings. The first-order chi connectivity index (χ1) is 7.27. The Bertz CT molecular complexity index is 549. The lowest BCUT2D eigenvalue weighted by atomic mass is 10.2. The third-order valence-electron chi connectivity index (χ3n) is 1.96. The molecule has 0 unspecified atom stereocenters. The van der Waals surface area contributed by atoms with Crippen LogP contribution in [0, 0.1) is 11.3 Å². The van der Waals surface area contributed by atoms with Crippen molar-refractivity contribution >= 4 is 22.3 Å². The topological polar surface area (TPSA) is 67.4 Å². The Morgan fingerprint density at radius 3 is 3.27 bits per heavy atom. The van der Waals surface area contributed by atoms with E-state index in [2.05, 4.69) is 9.72 Å². The van der Waals surface area contributed by atoms with Gasteiger partial charge in [0, 0.05) is 11.6 Å². The molecular weight excluding hydrogens is 214 g/mol. The molecule has 0 aliphatic carbocycles. The van der Waals surface area contributed by atoms with Gasteiger partial charge in [-0.05, 0) is 0 Å². The third kappa shape index (κ3) is 1.47. The summed E-state index contributed by atoms with van der Waals surface area (Å²) >= 11 is 1.41. The van der Waals surface area contributed by atoms with Crippen molar-refractivity contribution in [1.82, 2.24) is 9.38 Å². The average Bonchev–Trinajstić information content (AvgIpc) is 2.77. The van der Waals surface area contributed by atoms with Crippen LogP contribution < -0.4 is 0 Å². The number of esters is 1. The maximum atomic E-state index is 11.5. The summed E-state index contributed by atoms with van der Waals surface area (Å²) < 4.78 is 6.30. The van der Waals surface area contributed by atoms with Crippen LogP contribution in [-0.4, -0.2) is 22.5 Å². The Hall–Kier alpha value is -1.87. The first kappa shape index (κ1) is 9.68. The van der Waals surface area contributed by atoms with Crippen molar-refractivity contribution in [1.29, 1.82) is 5.26 Å². The van der Waals surface area contributed by atoms with Gasteiger partial charge in [0.2, 0.25) is 0 Å². The molecule has 2 aromatic rings. The van der Waals surface area contributed by atoms with Gasteiger partial charge in [-0.25, -0.2) is 9.78 Å². The van der Waals surface area contributed by atoms with Crippen LogP contribution in [0.15, 0.2) is 11.6 Å². The Kier molecular flexibility index (Phi) is 2.39. The van der Waals surface area contributed by atoms with E-state index in [-0.39, 0.29) is 6.42 Å². The summed E-state index contributed by atoms with van der Waals surface area (Å²) in [5.74, 6) is -0.467. The van der Waals surface area contributed by atoms with Gasteiger partial charge in [0.05, 0.1) is 25.3 Å². The largest absolute Gasteiger partial charge is 0.464 e. The number of aromatic nitrogens is 2. The molecule has 0 saturated carbocycles. The summed E-state index contributed by atoms with van der Waals surface area (Å²) in [5.41, 5.74) is 0.812. The minimum absolute atomic E-state index is 0.110. The highest BCUT2D eigenvalue weighted by Gasteiger charge is 2.19. The molecule has 0 saturated heterocycles. The molecule has 0 fully saturated rings. The normalized spacial score (nSPS) is 10.1. The van der Waals surface area contributed by atoms with Gasteiger partial charge in [0.25, 0.3) is 0 Å². The Morgan fingerprint density at radius 2 is 2.60 bits per heavy atom. The van der Waals surface area contributed by atoms with Crippen molar-refractivity contribution in [2.75, 3.05) is 7.11 Å². The smallest absolute Gasteiger partial charge is 0.357 e. The fourth-order valence-corrected chi connectivity index (χ4v) is 2.07. The lowest BCUT2D eigenvalue weighted by Crippen LogP contribution is -2.07. The Morgan fingerprint density at radius 1 is 1.80 bits per heavy atom. The summed E-state index contributed by atoms with van der Waals surface area (Å²) in [4.78, 5) is 16.4. The predicted octanol–water partition coefficient (Wildman–Crippen LogP) is 1.25. The van der Waals surface area contributed by atoms with E-state index in [0.717, 1.165) is 0 Å². The second-order valence-corrected chi connectivity index (χ2v) is 3.66. The van der Waals surface area contributed by atoms with Crippen LogP contribution in [0.2, 0.25) is 0 Å². The molecule has 0 aliphatic heterocycles. The number of imidazole rings is 1. The standard InChI is InChI=1S/C9H7N3O2S/c1-14-8(13)7-6(2-3-10)11-9-12(7)4-5-15-9/h4-5H,2H2,1H3. The summed E-state index contributed by atoms with van der Waals surface area (Å²) in [6.45, 7) is 0. The van der Waals surface area contributed by atoms with Crippen LogP contribution >= 0.6 is 11.3 Å². The molecule has 0 atom stereocenters. The quantitative estimate of drug-likeness (QED) is 0.716. The summed E-state index contributed by atoms with van der Waals surface area (Å²) in [6, 6.07) is 1.98. The van der Waals surface area contributed by atoms with E-state index in [9.17, 15) is 4.79 Å². The maximum Gasteiger partial charge on any atom is 0.357 e. The number of rotatable bonds is 2. The van der Waals surface area contributed by atoms with Crippen molar-refractivity contribution in [2.45, 2.75) is 6.42 Å². The zero-order valence-electron chi connectivity index (χ0n) is 7.93. The van der Waals surface area contributed by atoms with Crippen LogP contribution in [0.4, 0.5) is 0 Å². The van der Waals surface area contributed by atoms with Gasteiger partial charge in [-0.1, -0.05) is 0 Å². The number of hydrogen-bond donors (Lipinski definition) is 0. The van der Waals surface area contributed by atoms with E-state index < -0.39 is 5.97 Å². The van der Waals surface area contributed by atoms with Gasteiger partial charge in [-0.2, -0.15) is 5.26 Å². The first-order valence-corrected chi connectivity index (χ1v) is 5.05. The molecule has 0 amide bonds. The number of thiazole rings is 1. The summed E-state index contributed by atoms with van der Waals surface area (Å²) in [7, 11) is 1.31. The van der Waals surface area contributed by atoms with E-state index in [1.54, 1.807) is 10.6 Å². The van der Waals surface area contributed by atoms with Crippen LogP contribution in [0.1, 0.15) is 16.2 Å². The molecular formula is C9H7N3O2S. The number of fused-ring (bicyclic) bond motifs is 1. The molecule has 0 spiro atoms. The lowest BCUT2D eigenvalue weighted by Gasteiger charge is -1.98. The molecule has 2 heterocycles. The van der Waals surface area contributed by atoms with Crippen LogP contribution in [0.25, 0.3) is 4.96 Å². The molecule has 0 N–H and O–H groups in total. The zero-order valence-corrected chi connectivity index (χ0v) is 8.74. The van der Waals surface area contributed by atoms with E-state index >= 15 is 0 Å². The predicted molar refractivity (Wildman–Crippen MR) is 53.7 cm³/mol. The van der Waals surface area contributed by atoms with Crippen LogP contribution in [0.5, 0.6) is 0 Å². The highest BCUT2D eigenvalue weighted by Crippen LogP contribution is 2.18. The average molecular weight is 221 g/mol. The van der Waals surface area contributed by atoms with E-state index in [0.29, 0.717) is 16.3 Å². The van der Waals surface area contributed by atoms with Crippen molar-refractivity contribution in [3.8, 4) is 6.07 Å². The van der Waals surface area contributed by atoms with Crippen LogP contribution in [-0.2, 0) is 11.2 Å². The number of nitrogens with zero attached hydrogens (tertiary/aromatic N) is 3. The number of hydrogen-bond acceptors (Lipinski definition) is 5. The van der Waals surface area contributed by atoms with Gasteiger partial charge in [-0.3, -0.25) is 4.40 Å². The molecule has 0 aromatic carbocycles. The third-order valence-corrected chi connectivity index (χ3v) is 2.72. The number of carbonyl (C=O) groups excluding carboxylic acids is 1. The summed E-state index contributed by atoms with van der Waals surface area (Å²) in [6.07, 6.45) is 1.85. The van der Waals surface area contributed by atoms with E-state index in [4.69, 9.17) is 5.26 Å². The zero-order chi connectivity index (χ0) is 10.8. The number of ether oxygens (including phenoxy) is 1. The molecule has 0 bridgehead atoms. The number of carbonyl (C=O) groups is 1. The summed E-state index contributed by atoms with van der Waals surface area (Å²) in [5, 5.41) is 10.4. The Balaban J connectivity index is 2.64. The number of methoxy groups -OCH3 is 1. The van der Waals surface area contributed by atoms with Gasteiger partial charge in [0.1, 0.15) is 0 Å². The van der Waals surface area contributed by atoms with Crippen molar-refractivity contribution in [3.63, 3.8) is 0 Å². The fraction of sp³-hybridized carbons (Fsp3) is 0.222. The van der Waals surface area contributed by atoms with Crippen molar-refractivity contribution < 1.29 is 9.53 Å². The highest BCUT2D eigenvalue weighted by molar-refractivity contribution is 7.15. The molecule has 0 radical (unpaired) electrons. The highest BCUT2D eigenvalue weighted by atomic mass is 32.1. The maximum absolute atomic E-state index is 11.5. The van der Waals surface area contributed by atoms with Gasteiger partial charge >= 0.3 is 5.97 Å². The molecule has 2 aromatic heterocycles. The number of nitriles is 1. The lowest BCUT2D eigenvalue weighted by molar-refractivity contribution is 0.0592. The van der Waals surface area contributed by atoms with Gasteiger partial charge in [-0.15, -0.1) is 11.3 Å².